The zero-order valence-electron chi connectivity index (χ0n) is 32.4. The number of esters is 1. The SMILES string of the molecule is CCCCCCCCCCCCCCC(O)C(CO)NC(=O)CC(CCCCCCCCC)OC(=O)CCCCCCCCCCCC. The summed E-state index contributed by atoms with van der Waals surface area (Å²) in [4.78, 5) is 25.7. The molecule has 0 spiro atoms. The van der Waals surface area contributed by atoms with Gasteiger partial charge in [0.25, 0.3) is 0 Å². The second kappa shape index (κ2) is 37.1. The Morgan fingerprint density at radius 3 is 1.27 bits per heavy atom. The van der Waals surface area contributed by atoms with Gasteiger partial charge in [0.2, 0.25) is 5.91 Å². The van der Waals surface area contributed by atoms with Gasteiger partial charge in [0.05, 0.1) is 25.2 Å². The molecule has 286 valence electrons. The van der Waals surface area contributed by atoms with E-state index in [0.29, 0.717) is 19.3 Å². The van der Waals surface area contributed by atoms with Gasteiger partial charge in [-0.3, -0.25) is 9.59 Å². The highest BCUT2D eigenvalue weighted by molar-refractivity contribution is 5.77. The molecule has 0 saturated carbocycles. The third kappa shape index (κ3) is 32.1. The van der Waals surface area contributed by atoms with E-state index in [1.165, 1.54) is 141 Å². The van der Waals surface area contributed by atoms with Crippen molar-refractivity contribution in [3.63, 3.8) is 0 Å². The van der Waals surface area contributed by atoms with Crippen LogP contribution in [0, 0.1) is 0 Å². The molecule has 1 amide bonds. The third-order valence-electron chi connectivity index (χ3n) is 9.94. The first-order chi connectivity index (χ1) is 23.5. The zero-order valence-corrected chi connectivity index (χ0v) is 32.4. The van der Waals surface area contributed by atoms with Crippen molar-refractivity contribution in [1.29, 1.82) is 0 Å². The molecule has 6 nitrogen and oxygen atoms in total. The van der Waals surface area contributed by atoms with E-state index in [0.717, 1.165) is 44.9 Å². The molecular weight excluding hydrogens is 598 g/mol. The number of unbranched alkanes of at least 4 members (excludes halogenated alkanes) is 26. The minimum absolute atomic E-state index is 0.0848. The molecule has 0 rings (SSSR count). The molecule has 0 aromatic carbocycles. The van der Waals surface area contributed by atoms with Gasteiger partial charge in [0, 0.05) is 6.42 Å². The Labute approximate surface area is 298 Å². The lowest BCUT2D eigenvalue weighted by Gasteiger charge is -2.24. The Hall–Kier alpha value is -1.14. The van der Waals surface area contributed by atoms with Crippen molar-refractivity contribution in [3.8, 4) is 0 Å². The van der Waals surface area contributed by atoms with Crippen LogP contribution in [-0.2, 0) is 14.3 Å². The zero-order chi connectivity index (χ0) is 35.3. The molecule has 3 unspecified atom stereocenters. The molecule has 0 fully saturated rings. The van der Waals surface area contributed by atoms with E-state index in [2.05, 4.69) is 26.1 Å². The molecule has 0 aliphatic heterocycles. The number of aliphatic hydroxyl groups excluding tert-OH is 2. The van der Waals surface area contributed by atoms with Crippen LogP contribution in [0.25, 0.3) is 0 Å². The number of carbonyl (C=O) groups is 2. The molecule has 48 heavy (non-hydrogen) atoms. The topological polar surface area (TPSA) is 95.9 Å². The van der Waals surface area contributed by atoms with Crippen molar-refractivity contribution in [2.75, 3.05) is 6.61 Å². The summed E-state index contributed by atoms with van der Waals surface area (Å²) in [7, 11) is 0. The second-order valence-corrected chi connectivity index (χ2v) is 14.8. The summed E-state index contributed by atoms with van der Waals surface area (Å²) in [6.45, 7) is 6.43. The van der Waals surface area contributed by atoms with Crippen molar-refractivity contribution in [2.45, 2.75) is 251 Å². The summed E-state index contributed by atoms with van der Waals surface area (Å²) in [5.74, 6) is -0.469. The number of ether oxygens (including phenoxy) is 1. The first-order valence-corrected chi connectivity index (χ1v) is 21.3. The Morgan fingerprint density at radius 1 is 0.521 bits per heavy atom. The van der Waals surface area contributed by atoms with Crippen LogP contribution in [0.1, 0.15) is 233 Å². The Morgan fingerprint density at radius 2 is 0.875 bits per heavy atom. The maximum absolute atomic E-state index is 13.0. The largest absolute Gasteiger partial charge is 0.462 e. The van der Waals surface area contributed by atoms with Crippen LogP contribution in [0.2, 0.25) is 0 Å². The van der Waals surface area contributed by atoms with E-state index < -0.39 is 18.2 Å². The number of hydrogen-bond donors (Lipinski definition) is 3. The molecule has 0 saturated heterocycles. The van der Waals surface area contributed by atoms with Crippen molar-refractivity contribution in [1.82, 2.24) is 5.32 Å². The second-order valence-electron chi connectivity index (χ2n) is 14.8. The quantitative estimate of drug-likeness (QED) is 0.0445. The summed E-state index contributed by atoms with van der Waals surface area (Å²) in [5, 5.41) is 23.5. The molecule has 0 aliphatic rings. The fourth-order valence-corrected chi connectivity index (χ4v) is 6.67. The van der Waals surface area contributed by atoms with E-state index in [9.17, 15) is 19.8 Å². The number of carbonyl (C=O) groups excluding carboxylic acids is 2. The average molecular weight is 682 g/mol. The molecule has 0 aromatic heterocycles. The van der Waals surface area contributed by atoms with Crippen LogP contribution in [0.15, 0.2) is 0 Å². The van der Waals surface area contributed by atoms with Gasteiger partial charge in [0.15, 0.2) is 0 Å². The Balaban J connectivity index is 4.44. The lowest BCUT2D eigenvalue weighted by Crippen LogP contribution is -2.46. The summed E-state index contributed by atoms with van der Waals surface area (Å²) < 4.78 is 5.85. The van der Waals surface area contributed by atoms with Crippen LogP contribution in [-0.4, -0.2) is 46.9 Å². The van der Waals surface area contributed by atoms with Gasteiger partial charge >= 0.3 is 5.97 Å². The van der Waals surface area contributed by atoms with Crippen LogP contribution in [0.5, 0.6) is 0 Å². The van der Waals surface area contributed by atoms with Gasteiger partial charge in [-0.05, 0) is 25.7 Å². The van der Waals surface area contributed by atoms with Crippen LogP contribution in [0.4, 0.5) is 0 Å². The average Bonchev–Trinajstić information content (AvgIpc) is 3.07. The van der Waals surface area contributed by atoms with Crippen molar-refractivity contribution < 1.29 is 24.5 Å². The molecule has 6 heteroatoms. The maximum Gasteiger partial charge on any atom is 0.306 e. The highest BCUT2D eigenvalue weighted by Crippen LogP contribution is 2.17. The van der Waals surface area contributed by atoms with Crippen LogP contribution in [0.3, 0.4) is 0 Å². The van der Waals surface area contributed by atoms with Crippen LogP contribution >= 0.6 is 0 Å². The van der Waals surface area contributed by atoms with Crippen molar-refractivity contribution in [3.05, 3.63) is 0 Å². The molecular formula is C42H83NO5. The fraction of sp³-hybridized carbons (Fsp3) is 0.952. The van der Waals surface area contributed by atoms with E-state index >= 15 is 0 Å². The van der Waals surface area contributed by atoms with Gasteiger partial charge in [-0.1, -0.05) is 194 Å². The number of hydrogen-bond acceptors (Lipinski definition) is 5. The minimum Gasteiger partial charge on any atom is -0.462 e. The third-order valence-corrected chi connectivity index (χ3v) is 9.94. The van der Waals surface area contributed by atoms with Gasteiger partial charge < -0.3 is 20.3 Å². The maximum atomic E-state index is 13.0. The highest BCUT2D eigenvalue weighted by Gasteiger charge is 2.24. The van der Waals surface area contributed by atoms with E-state index in [1.807, 2.05) is 0 Å². The van der Waals surface area contributed by atoms with E-state index in [1.54, 1.807) is 0 Å². The smallest absolute Gasteiger partial charge is 0.306 e. The van der Waals surface area contributed by atoms with E-state index in [-0.39, 0.29) is 24.9 Å². The molecule has 0 aliphatic carbocycles. The van der Waals surface area contributed by atoms with Gasteiger partial charge in [0.1, 0.15) is 6.10 Å². The molecule has 0 radical (unpaired) electrons. The standard InChI is InChI=1S/C42H83NO5/c1-4-7-10-13-16-18-20-21-22-25-28-31-34-40(45)39(37-44)43-41(46)36-38(33-30-27-24-15-12-9-6-3)48-42(47)35-32-29-26-23-19-17-14-11-8-5-2/h38-40,44-45H,4-37H2,1-3H3,(H,43,46). The van der Waals surface area contributed by atoms with Gasteiger partial charge in [-0.15, -0.1) is 0 Å². The number of aliphatic hydroxyl groups is 2. The van der Waals surface area contributed by atoms with Crippen LogP contribution < -0.4 is 5.32 Å². The minimum atomic E-state index is -0.775. The molecule has 0 heterocycles. The Kier molecular flexibility index (Phi) is 36.2. The molecule has 0 bridgehead atoms. The normalized spacial score (nSPS) is 13.4. The van der Waals surface area contributed by atoms with E-state index in [4.69, 9.17) is 4.74 Å². The lowest BCUT2D eigenvalue weighted by atomic mass is 10.0. The summed E-state index contributed by atoms with van der Waals surface area (Å²) in [6, 6.07) is -0.688. The van der Waals surface area contributed by atoms with Gasteiger partial charge in [-0.25, -0.2) is 0 Å². The molecule has 3 atom stereocenters. The molecule has 0 aromatic rings. The number of amides is 1. The predicted octanol–water partition coefficient (Wildman–Crippen LogP) is 11.7. The Bertz CT molecular complexity index is 687. The number of rotatable bonds is 38. The van der Waals surface area contributed by atoms with Gasteiger partial charge in [-0.2, -0.15) is 0 Å². The summed E-state index contributed by atoms with van der Waals surface area (Å²) in [5.41, 5.74) is 0. The lowest BCUT2D eigenvalue weighted by molar-refractivity contribution is -0.151. The first kappa shape index (κ1) is 46.9. The summed E-state index contributed by atoms with van der Waals surface area (Å²) >= 11 is 0. The highest BCUT2D eigenvalue weighted by atomic mass is 16.5. The first-order valence-electron chi connectivity index (χ1n) is 21.3. The molecule has 3 N–H and O–H groups in total. The predicted molar refractivity (Wildman–Crippen MR) is 204 cm³/mol. The number of nitrogens with one attached hydrogen (secondary N) is 1. The monoisotopic (exact) mass is 682 g/mol. The summed E-state index contributed by atoms with van der Waals surface area (Å²) in [6.07, 6.45) is 36.0. The van der Waals surface area contributed by atoms with Crippen molar-refractivity contribution in [2.24, 2.45) is 0 Å². The fourth-order valence-electron chi connectivity index (χ4n) is 6.67. The van der Waals surface area contributed by atoms with Crippen molar-refractivity contribution >= 4 is 11.9 Å².